The topological polar surface area (TPSA) is 110 Å². The highest BCUT2D eigenvalue weighted by Gasteiger charge is 2.32. The number of methoxy groups -OCH3 is 1. The highest BCUT2D eigenvalue weighted by Crippen LogP contribution is 2.29. The molecule has 1 heterocycles. The predicted octanol–water partition coefficient (Wildman–Crippen LogP) is 3.43. The minimum atomic E-state index is -1.04. The molecule has 156 valence electrons. The molecular formula is C20H18BrN3O5S. The largest absolute Gasteiger partial charge is 0.493 e. The molecule has 8 nitrogen and oxygen atoms in total. The number of nitrogens with zero attached hydrogens (tertiary/aromatic N) is 2. The Bertz CT molecular complexity index is 1010. The molecule has 2 aromatic carbocycles. The van der Waals surface area contributed by atoms with Crippen LogP contribution in [0.4, 0.5) is 0 Å². The number of rotatable bonds is 8. The first-order valence-corrected chi connectivity index (χ1v) is 10.5. The molecule has 1 aliphatic rings. The maximum Gasteiger partial charge on any atom is 0.305 e. The summed E-state index contributed by atoms with van der Waals surface area (Å²) >= 11 is 4.48. The number of nitrogens with one attached hydrogen (secondary N) is 1. The molecule has 30 heavy (non-hydrogen) atoms. The van der Waals surface area contributed by atoms with E-state index in [0.717, 1.165) is 27.4 Å². The second-order valence-electron chi connectivity index (χ2n) is 6.17. The minimum absolute atomic E-state index is 0.266. The van der Waals surface area contributed by atoms with E-state index in [9.17, 15) is 9.59 Å². The number of hydrogen-bond acceptors (Lipinski definition) is 7. The van der Waals surface area contributed by atoms with Crippen LogP contribution >= 0.6 is 27.7 Å². The van der Waals surface area contributed by atoms with Crippen molar-refractivity contribution in [3.05, 3.63) is 58.1 Å². The van der Waals surface area contributed by atoms with Gasteiger partial charge in [0.05, 0.1) is 19.7 Å². The summed E-state index contributed by atoms with van der Waals surface area (Å²) in [6.45, 7) is 0.367. The summed E-state index contributed by atoms with van der Waals surface area (Å²) in [5, 5.41) is 18.8. The molecule has 0 aliphatic carbocycles. The summed E-state index contributed by atoms with van der Waals surface area (Å²) in [6.07, 6.45) is 1.24. The Hall–Kier alpha value is -2.85. The van der Waals surface area contributed by atoms with Crippen LogP contribution in [0.3, 0.4) is 0 Å². The Morgan fingerprint density at radius 2 is 2.13 bits per heavy atom. The Kier molecular flexibility index (Phi) is 7.47. The fourth-order valence-electron chi connectivity index (χ4n) is 2.57. The fraction of sp³-hybridized carbons (Fsp3) is 0.200. The molecule has 10 heteroatoms. The van der Waals surface area contributed by atoms with Crippen LogP contribution in [0.2, 0.25) is 0 Å². The molecule has 1 unspecified atom stereocenters. The number of carboxylic acid groups (broad SMARTS) is 1. The highest BCUT2D eigenvalue weighted by molar-refractivity contribution is 9.10. The number of carbonyl (C=O) groups excluding carboxylic acids is 1. The van der Waals surface area contributed by atoms with Crippen molar-refractivity contribution in [2.24, 2.45) is 10.2 Å². The molecule has 1 amide bonds. The second-order valence-corrected chi connectivity index (χ2v) is 8.28. The lowest BCUT2D eigenvalue weighted by Crippen LogP contribution is -2.26. The Labute approximate surface area is 185 Å². The average molecular weight is 492 g/mol. The summed E-state index contributed by atoms with van der Waals surface area (Å²) in [5.41, 5.74) is 1.72. The number of hydrogen-bond donors (Lipinski definition) is 2. The van der Waals surface area contributed by atoms with Crippen LogP contribution in [-0.2, 0) is 16.2 Å². The molecule has 1 saturated heterocycles. The molecule has 1 fully saturated rings. The molecule has 2 N–H and O–H groups in total. The van der Waals surface area contributed by atoms with E-state index in [1.807, 2.05) is 24.3 Å². The zero-order chi connectivity index (χ0) is 21.5. The number of ether oxygens (including phenoxy) is 2. The maximum absolute atomic E-state index is 11.7. The van der Waals surface area contributed by atoms with E-state index in [1.54, 1.807) is 25.3 Å². The zero-order valence-corrected chi connectivity index (χ0v) is 18.3. The lowest BCUT2D eigenvalue weighted by molar-refractivity contribution is -0.138. The van der Waals surface area contributed by atoms with E-state index in [2.05, 4.69) is 31.4 Å². The molecule has 0 saturated carbocycles. The molecule has 1 aliphatic heterocycles. The van der Waals surface area contributed by atoms with E-state index in [0.29, 0.717) is 18.1 Å². The van der Waals surface area contributed by atoms with Crippen LogP contribution in [0.25, 0.3) is 0 Å². The maximum atomic E-state index is 11.7. The highest BCUT2D eigenvalue weighted by atomic mass is 79.9. The quantitative estimate of drug-likeness (QED) is 0.432. The summed E-state index contributed by atoms with van der Waals surface area (Å²) in [5.74, 6) is -0.284. The Balaban J connectivity index is 1.67. The Morgan fingerprint density at radius 1 is 1.30 bits per heavy atom. The number of carboxylic acids is 1. The van der Waals surface area contributed by atoms with Gasteiger partial charge in [-0.05, 0) is 41.5 Å². The lowest BCUT2D eigenvalue weighted by Gasteiger charge is -2.11. The van der Waals surface area contributed by atoms with Crippen LogP contribution in [0.1, 0.15) is 17.5 Å². The normalized spacial score (nSPS) is 17.3. The molecule has 0 spiro atoms. The first kappa shape index (κ1) is 21.8. The van der Waals surface area contributed by atoms with Gasteiger partial charge >= 0.3 is 5.97 Å². The molecule has 3 rings (SSSR count). The predicted molar refractivity (Wildman–Crippen MR) is 118 cm³/mol. The van der Waals surface area contributed by atoms with E-state index < -0.39 is 11.2 Å². The molecular weight excluding hydrogens is 474 g/mol. The summed E-state index contributed by atoms with van der Waals surface area (Å²) in [7, 11) is 1.56. The van der Waals surface area contributed by atoms with Gasteiger partial charge in [-0.2, -0.15) is 5.10 Å². The minimum Gasteiger partial charge on any atom is -0.493 e. The van der Waals surface area contributed by atoms with Gasteiger partial charge in [0.15, 0.2) is 16.7 Å². The Morgan fingerprint density at radius 3 is 2.87 bits per heavy atom. The number of halogens is 1. The van der Waals surface area contributed by atoms with Crippen molar-refractivity contribution >= 4 is 51.0 Å². The number of carbonyl (C=O) groups is 2. The van der Waals surface area contributed by atoms with Crippen LogP contribution in [0.5, 0.6) is 11.5 Å². The first-order chi connectivity index (χ1) is 14.4. The van der Waals surface area contributed by atoms with Crippen molar-refractivity contribution in [3.8, 4) is 11.5 Å². The van der Waals surface area contributed by atoms with E-state index >= 15 is 0 Å². The van der Waals surface area contributed by atoms with Gasteiger partial charge in [0.2, 0.25) is 5.91 Å². The van der Waals surface area contributed by atoms with Gasteiger partial charge in [0.1, 0.15) is 11.9 Å². The summed E-state index contributed by atoms with van der Waals surface area (Å²) in [6, 6.07) is 13.1. The monoisotopic (exact) mass is 491 g/mol. The van der Waals surface area contributed by atoms with Gasteiger partial charge in [0, 0.05) is 4.47 Å². The van der Waals surface area contributed by atoms with Gasteiger partial charge < -0.3 is 19.9 Å². The molecule has 0 bridgehead atoms. The van der Waals surface area contributed by atoms with E-state index in [-0.39, 0.29) is 17.5 Å². The van der Waals surface area contributed by atoms with Crippen molar-refractivity contribution in [2.45, 2.75) is 18.3 Å². The van der Waals surface area contributed by atoms with Crippen molar-refractivity contribution in [3.63, 3.8) is 0 Å². The zero-order valence-electron chi connectivity index (χ0n) is 15.9. The SMILES string of the molecule is COc1ccc(C=NN=C2NC(=O)C(CC(=O)O)S2)cc1OCc1cccc(Br)c1. The van der Waals surface area contributed by atoms with Gasteiger partial charge in [-0.25, -0.2) is 0 Å². The second kappa shape index (κ2) is 10.3. The standard InChI is InChI=1S/C20H18BrN3O5S/c1-28-15-6-5-12(8-16(15)29-11-13-3-2-4-14(21)7-13)10-22-24-20-23-19(27)17(30-20)9-18(25)26/h2-8,10,17H,9,11H2,1H3,(H,25,26)(H,23,24,27). The van der Waals surface area contributed by atoms with E-state index in [1.165, 1.54) is 6.21 Å². The van der Waals surface area contributed by atoms with Crippen molar-refractivity contribution in [1.29, 1.82) is 0 Å². The van der Waals surface area contributed by atoms with E-state index in [4.69, 9.17) is 14.6 Å². The van der Waals surface area contributed by atoms with Crippen LogP contribution < -0.4 is 14.8 Å². The lowest BCUT2D eigenvalue weighted by atomic mass is 10.2. The van der Waals surface area contributed by atoms with Crippen molar-refractivity contribution in [2.75, 3.05) is 7.11 Å². The first-order valence-electron chi connectivity index (χ1n) is 8.80. The number of aliphatic carboxylic acids is 1. The summed E-state index contributed by atoms with van der Waals surface area (Å²) in [4.78, 5) is 22.5. The number of benzene rings is 2. The number of thioether (sulfide) groups is 1. The molecule has 2 aromatic rings. The van der Waals surface area contributed by atoms with Gasteiger partial charge in [-0.3, -0.25) is 9.59 Å². The van der Waals surface area contributed by atoms with Gasteiger partial charge in [-0.1, -0.05) is 39.8 Å². The summed E-state index contributed by atoms with van der Waals surface area (Å²) < 4.78 is 12.2. The number of amides is 1. The number of amidine groups is 1. The van der Waals surface area contributed by atoms with Crippen molar-refractivity contribution in [1.82, 2.24) is 5.32 Å². The smallest absolute Gasteiger partial charge is 0.305 e. The molecule has 0 aromatic heterocycles. The molecule has 1 atom stereocenters. The van der Waals surface area contributed by atoms with Crippen LogP contribution in [0, 0.1) is 0 Å². The van der Waals surface area contributed by atoms with Crippen LogP contribution in [-0.4, -0.2) is 40.7 Å². The average Bonchev–Trinajstić information content (AvgIpc) is 3.05. The van der Waals surface area contributed by atoms with Gasteiger partial charge in [-0.15, -0.1) is 5.10 Å². The van der Waals surface area contributed by atoms with Crippen molar-refractivity contribution < 1.29 is 24.2 Å². The third-order valence-corrected chi connectivity index (χ3v) is 5.53. The third kappa shape index (κ3) is 6.07. The molecule has 0 radical (unpaired) electrons. The van der Waals surface area contributed by atoms with Gasteiger partial charge in [0.25, 0.3) is 0 Å². The van der Waals surface area contributed by atoms with Crippen LogP contribution in [0.15, 0.2) is 57.1 Å². The fourth-order valence-corrected chi connectivity index (χ4v) is 3.93. The third-order valence-electron chi connectivity index (χ3n) is 3.96.